The summed E-state index contributed by atoms with van der Waals surface area (Å²) in [7, 11) is 0. The first-order valence-electron chi connectivity index (χ1n) is 8.94. The van der Waals surface area contributed by atoms with Gasteiger partial charge >= 0.3 is 0 Å². The van der Waals surface area contributed by atoms with Crippen LogP contribution in [-0.2, 0) is 5.41 Å². The van der Waals surface area contributed by atoms with Gasteiger partial charge in [-0.25, -0.2) is 0 Å². The normalized spacial score (nSPS) is 17.6. The van der Waals surface area contributed by atoms with Gasteiger partial charge in [0.05, 0.1) is 0 Å². The molecule has 2 heteroatoms. The van der Waals surface area contributed by atoms with Crippen molar-refractivity contribution in [2.75, 3.05) is 9.80 Å². The van der Waals surface area contributed by atoms with Crippen LogP contribution in [0.5, 0.6) is 0 Å². The van der Waals surface area contributed by atoms with Gasteiger partial charge in [-0.1, -0.05) is 63.6 Å². The Bertz CT molecular complexity index is 703. The minimum Gasteiger partial charge on any atom is -0.326 e. The van der Waals surface area contributed by atoms with Crippen LogP contribution in [0.15, 0.2) is 67.0 Å². The quantitative estimate of drug-likeness (QED) is 0.676. The third kappa shape index (κ3) is 3.06. The Morgan fingerprint density at radius 2 is 1.50 bits per heavy atom. The summed E-state index contributed by atoms with van der Waals surface area (Å²) in [6.45, 7) is 9.24. The molecule has 2 nitrogen and oxygen atoms in total. The molecule has 0 amide bonds. The van der Waals surface area contributed by atoms with Gasteiger partial charge in [0.15, 0.2) is 0 Å². The van der Waals surface area contributed by atoms with Gasteiger partial charge in [0, 0.05) is 23.8 Å². The summed E-state index contributed by atoms with van der Waals surface area (Å²) in [5.74, 6) is 0. The molecule has 24 heavy (non-hydrogen) atoms. The van der Waals surface area contributed by atoms with Crippen molar-refractivity contribution in [3.63, 3.8) is 0 Å². The Kier molecular flexibility index (Phi) is 4.66. The molecule has 0 unspecified atom stereocenters. The van der Waals surface area contributed by atoms with Crippen molar-refractivity contribution in [2.24, 2.45) is 0 Å². The van der Waals surface area contributed by atoms with E-state index in [1.54, 1.807) is 0 Å². The zero-order valence-electron chi connectivity index (χ0n) is 15.2. The summed E-state index contributed by atoms with van der Waals surface area (Å²) in [6.07, 6.45) is 7.05. The zero-order valence-corrected chi connectivity index (χ0v) is 15.2. The Morgan fingerprint density at radius 1 is 0.875 bits per heavy atom. The van der Waals surface area contributed by atoms with Gasteiger partial charge in [-0.05, 0) is 42.5 Å². The van der Waals surface area contributed by atoms with Crippen LogP contribution in [0.4, 0.5) is 11.4 Å². The molecule has 0 aliphatic carbocycles. The SMILES string of the molecule is CCCC(C)(C)c1ccccc1N1C=CN(c2ccccc2)[C@H]1C. The summed E-state index contributed by atoms with van der Waals surface area (Å²) in [4.78, 5) is 4.71. The lowest BCUT2D eigenvalue weighted by Crippen LogP contribution is -2.37. The molecule has 2 aromatic rings. The number of rotatable bonds is 5. The number of benzene rings is 2. The fourth-order valence-corrected chi connectivity index (χ4v) is 3.74. The Balaban J connectivity index is 1.93. The van der Waals surface area contributed by atoms with Gasteiger partial charge < -0.3 is 9.80 Å². The molecule has 0 N–H and O–H groups in total. The predicted octanol–water partition coefficient (Wildman–Crippen LogP) is 5.91. The highest BCUT2D eigenvalue weighted by Crippen LogP contribution is 2.38. The largest absolute Gasteiger partial charge is 0.326 e. The molecule has 3 rings (SSSR count). The van der Waals surface area contributed by atoms with Gasteiger partial charge in [0.1, 0.15) is 6.17 Å². The van der Waals surface area contributed by atoms with Crippen molar-refractivity contribution in [1.82, 2.24) is 0 Å². The van der Waals surface area contributed by atoms with Gasteiger partial charge in [-0.2, -0.15) is 0 Å². The highest BCUT2D eigenvalue weighted by atomic mass is 15.4. The lowest BCUT2D eigenvalue weighted by atomic mass is 9.79. The average molecular weight is 320 g/mol. The van der Waals surface area contributed by atoms with E-state index >= 15 is 0 Å². The molecule has 0 fully saturated rings. The Labute approximate surface area is 146 Å². The van der Waals surface area contributed by atoms with Gasteiger partial charge in [0.25, 0.3) is 0 Å². The monoisotopic (exact) mass is 320 g/mol. The van der Waals surface area contributed by atoms with Crippen LogP contribution in [0.2, 0.25) is 0 Å². The molecular weight excluding hydrogens is 292 g/mol. The topological polar surface area (TPSA) is 6.48 Å². The highest BCUT2D eigenvalue weighted by molar-refractivity contribution is 5.65. The number of nitrogens with zero attached hydrogens (tertiary/aromatic N) is 2. The molecule has 0 spiro atoms. The first-order valence-corrected chi connectivity index (χ1v) is 8.94. The molecule has 0 bridgehead atoms. The molecule has 0 saturated heterocycles. The van der Waals surface area contributed by atoms with Gasteiger partial charge in [-0.15, -0.1) is 0 Å². The van der Waals surface area contributed by atoms with Crippen molar-refractivity contribution >= 4 is 11.4 Å². The third-order valence-electron chi connectivity index (χ3n) is 5.03. The minimum atomic E-state index is 0.180. The lowest BCUT2D eigenvalue weighted by molar-refractivity contribution is 0.472. The summed E-state index contributed by atoms with van der Waals surface area (Å²) in [6, 6.07) is 19.4. The summed E-state index contributed by atoms with van der Waals surface area (Å²) in [5.41, 5.74) is 4.16. The molecule has 1 aliphatic rings. The van der Waals surface area contributed by atoms with E-state index in [4.69, 9.17) is 0 Å². The van der Waals surface area contributed by atoms with Crippen LogP contribution in [0, 0.1) is 0 Å². The van der Waals surface area contributed by atoms with Crippen LogP contribution in [0.1, 0.15) is 46.1 Å². The molecule has 0 saturated carbocycles. The van der Waals surface area contributed by atoms with Crippen LogP contribution >= 0.6 is 0 Å². The molecule has 1 heterocycles. The van der Waals surface area contributed by atoms with Crippen molar-refractivity contribution in [2.45, 2.75) is 52.1 Å². The highest BCUT2D eigenvalue weighted by Gasteiger charge is 2.29. The van der Waals surface area contributed by atoms with Crippen LogP contribution in [0.25, 0.3) is 0 Å². The second kappa shape index (κ2) is 6.72. The van der Waals surface area contributed by atoms with Crippen LogP contribution in [-0.4, -0.2) is 6.17 Å². The molecule has 2 aromatic carbocycles. The summed E-state index contributed by atoms with van der Waals surface area (Å²) in [5, 5.41) is 0. The second-order valence-electron chi connectivity index (χ2n) is 7.23. The van der Waals surface area contributed by atoms with E-state index in [2.05, 4.69) is 104 Å². The summed E-state index contributed by atoms with van der Waals surface area (Å²) >= 11 is 0. The van der Waals surface area contributed by atoms with Crippen LogP contribution in [0.3, 0.4) is 0 Å². The number of hydrogen-bond acceptors (Lipinski definition) is 2. The molecule has 1 atom stereocenters. The van der Waals surface area contributed by atoms with E-state index in [1.165, 1.54) is 29.8 Å². The maximum absolute atomic E-state index is 2.39. The van der Waals surface area contributed by atoms with Crippen molar-refractivity contribution in [3.8, 4) is 0 Å². The smallest absolute Gasteiger partial charge is 0.107 e. The van der Waals surface area contributed by atoms with Crippen molar-refractivity contribution < 1.29 is 0 Å². The molecule has 0 radical (unpaired) electrons. The van der Waals surface area contributed by atoms with E-state index in [9.17, 15) is 0 Å². The fourth-order valence-electron chi connectivity index (χ4n) is 3.74. The number of anilines is 2. The lowest BCUT2D eigenvalue weighted by Gasteiger charge is -2.35. The number of para-hydroxylation sites is 2. The van der Waals surface area contributed by atoms with Gasteiger partial charge in [-0.3, -0.25) is 0 Å². The van der Waals surface area contributed by atoms with Crippen molar-refractivity contribution in [1.29, 1.82) is 0 Å². The first kappa shape index (κ1) is 16.6. The van der Waals surface area contributed by atoms with E-state index in [0.717, 1.165) is 0 Å². The fraction of sp³-hybridized carbons (Fsp3) is 0.364. The molecule has 0 aromatic heterocycles. The zero-order chi connectivity index (χ0) is 17.2. The van der Waals surface area contributed by atoms with E-state index in [1.807, 2.05) is 0 Å². The number of hydrogen-bond donors (Lipinski definition) is 0. The van der Waals surface area contributed by atoms with Crippen molar-refractivity contribution in [3.05, 3.63) is 72.6 Å². The standard InChI is InChI=1S/C22H28N2/c1-5-15-22(3,4)20-13-9-10-14-21(20)24-17-16-23(18(24)2)19-11-7-6-8-12-19/h6-14,16-18H,5,15H2,1-4H3/t18-/m1/s1. The maximum atomic E-state index is 2.39. The van der Waals surface area contributed by atoms with Crippen LogP contribution < -0.4 is 9.80 Å². The van der Waals surface area contributed by atoms with E-state index < -0.39 is 0 Å². The van der Waals surface area contributed by atoms with Gasteiger partial charge in [0.2, 0.25) is 0 Å². The Hall–Kier alpha value is -2.22. The maximum Gasteiger partial charge on any atom is 0.107 e. The molecule has 1 aliphatic heterocycles. The molecular formula is C22H28N2. The molecule has 126 valence electrons. The average Bonchev–Trinajstić information content (AvgIpc) is 2.97. The van der Waals surface area contributed by atoms with E-state index in [-0.39, 0.29) is 11.6 Å². The first-order chi connectivity index (χ1) is 11.5. The Morgan fingerprint density at radius 3 is 2.21 bits per heavy atom. The van der Waals surface area contributed by atoms with E-state index in [0.29, 0.717) is 0 Å². The second-order valence-corrected chi connectivity index (χ2v) is 7.23. The summed E-state index contributed by atoms with van der Waals surface area (Å²) < 4.78 is 0. The predicted molar refractivity (Wildman–Crippen MR) is 104 cm³/mol. The minimum absolute atomic E-state index is 0.180. The third-order valence-corrected chi connectivity index (χ3v) is 5.03.